The van der Waals surface area contributed by atoms with Crippen LogP contribution in [0.4, 0.5) is 9.18 Å². The number of rotatable bonds is 4. The van der Waals surface area contributed by atoms with Crippen molar-refractivity contribution in [2.45, 2.75) is 57.5 Å². The molecule has 3 heterocycles. The lowest BCUT2D eigenvalue weighted by molar-refractivity contribution is 0.0123. The molecular formula is C25H31FN2O5S. The van der Waals surface area contributed by atoms with Gasteiger partial charge >= 0.3 is 6.09 Å². The highest BCUT2D eigenvalue weighted by Crippen LogP contribution is 2.37. The normalized spacial score (nSPS) is 19.0. The Labute approximate surface area is 200 Å². The van der Waals surface area contributed by atoms with E-state index in [1.807, 2.05) is 26.8 Å². The number of benzene rings is 1. The lowest BCUT2D eigenvalue weighted by Crippen LogP contribution is -2.44. The molecule has 1 aromatic heterocycles. The van der Waals surface area contributed by atoms with E-state index in [4.69, 9.17) is 9.47 Å². The molecule has 184 valence electrons. The second-order valence-electron chi connectivity index (χ2n) is 10.2. The van der Waals surface area contributed by atoms with Gasteiger partial charge < -0.3 is 14.4 Å². The number of amides is 1. The third-order valence-corrected chi connectivity index (χ3v) is 6.96. The molecule has 9 heteroatoms. The topological polar surface area (TPSA) is 85.8 Å². The standard InChI is InChI=1S/C25H31FN2O5S/c1-25(2,3)33-24(29)28-9-7-17(8-10-28)22-13-18-12-21(27-14-23(18)32-22)19-6-5-16(11-20(19)26)15-34(4,30)31/h5-6,11-12,14,17,22H,7-10,13,15H2,1-4H3/t22-/m1/s1. The fraction of sp³-hybridized carbons (Fsp3) is 0.520. The summed E-state index contributed by atoms with van der Waals surface area (Å²) in [7, 11) is -3.24. The molecule has 0 N–H and O–H groups in total. The van der Waals surface area contributed by atoms with E-state index in [1.54, 1.807) is 23.2 Å². The average Bonchev–Trinajstić information content (AvgIpc) is 3.15. The zero-order valence-corrected chi connectivity index (χ0v) is 20.8. The maximum Gasteiger partial charge on any atom is 0.410 e. The van der Waals surface area contributed by atoms with E-state index in [2.05, 4.69) is 4.98 Å². The molecule has 1 amide bonds. The largest absolute Gasteiger partial charge is 0.488 e. The monoisotopic (exact) mass is 490 g/mol. The van der Waals surface area contributed by atoms with Crippen molar-refractivity contribution in [3.05, 3.63) is 47.4 Å². The van der Waals surface area contributed by atoms with E-state index >= 15 is 0 Å². The molecule has 2 aromatic rings. The number of hydrogen-bond donors (Lipinski definition) is 0. The number of aromatic nitrogens is 1. The number of likely N-dealkylation sites (tertiary alicyclic amines) is 1. The highest BCUT2D eigenvalue weighted by molar-refractivity contribution is 7.89. The van der Waals surface area contributed by atoms with Gasteiger partial charge in [-0.05, 0) is 63.3 Å². The Morgan fingerprint density at radius 2 is 1.94 bits per heavy atom. The zero-order valence-electron chi connectivity index (χ0n) is 20.0. The van der Waals surface area contributed by atoms with Crippen molar-refractivity contribution in [1.29, 1.82) is 0 Å². The molecule has 1 atom stereocenters. The lowest BCUT2D eigenvalue weighted by Gasteiger charge is -2.35. The van der Waals surface area contributed by atoms with Gasteiger partial charge in [0.25, 0.3) is 0 Å². The van der Waals surface area contributed by atoms with Crippen LogP contribution in [0.2, 0.25) is 0 Å². The maximum atomic E-state index is 14.7. The summed E-state index contributed by atoms with van der Waals surface area (Å²) in [5.74, 6) is 0.307. The van der Waals surface area contributed by atoms with Crippen LogP contribution in [0, 0.1) is 11.7 Å². The molecule has 34 heavy (non-hydrogen) atoms. The first-order chi connectivity index (χ1) is 15.9. The Kier molecular flexibility index (Phi) is 6.59. The van der Waals surface area contributed by atoms with Gasteiger partial charge in [0.2, 0.25) is 0 Å². The van der Waals surface area contributed by atoms with E-state index < -0.39 is 21.3 Å². The predicted molar refractivity (Wildman–Crippen MR) is 127 cm³/mol. The first-order valence-corrected chi connectivity index (χ1v) is 13.5. The highest BCUT2D eigenvalue weighted by Gasteiger charge is 2.35. The summed E-state index contributed by atoms with van der Waals surface area (Å²) in [6.07, 6.45) is 4.83. The van der Waals surface area contributed by atoms with E-state index in [-0.39, 0.29) is 18.0 Å². The highest BCUT2D eigenvalue weighted by atomic mass is 32.2. The van der Waals surface area contributed by atoms with Crippen molar-refractivity contribution >= 4 is 15.9 Å². The summed E-state index contributed by atoms with van der Waals surface area (Å²) in [6.45, 7) is 6.84. The summed E-state index contributed by atoms with van der Waals surface area (Å²) in [5.41, 5.74) is 1.69. The Hall–Kier alpha value is -2.68. The van der Waals surface area contributed by atoms with Crippen LogP contribution >= 0.6 is 0 Å². The van der Waals surface area contributed by atoms with Crippen LogP contribution in [0.15, 0.2) is 30.5 Å². The Morgan fingerprint density at radius 1 is 1.24 bits per heavy atom. The Bertz CT molecular complexity index is 1180. The minimum absolute atomic E-state index is 0.00480. The number of fused-ring (bicyclic) bond motifs is 1. The van der Waals surface area contributed by atoms with Gasteiger partial charge in [0, 0.05) is 36.9 Å². The minimum atomic E-state index is -3.24. The molecule has 7 nitrogen and oxygen atoms in total. The Morgan fingerprint density at radius 3 is 2.56 bits per heavy atom. The van der Waals surface area contributed by atoms with Crippen molar-refractivity contribution in [2.24, 2.45) is 5.92 Å². The zero-order chi connectivity index (χ0) is 24.7. The van der Waals surface area contributed by atoms with Crippen LogP contribution in [-0.2, 0) is 26.7 Å². The number of piperidine rings is 1. The summed E-state index contributed by atoms with van der Waals surface area (Å²) in [4.78, 5) is 18.4. The van der Waals surface area contributed by atoms with Gasteiger partial charge in [-0.3, -0.25) is 4.98 Å². The summed E-state index contributed by atoms with van der Waals surface area (Å²) >= 11 is 0. The molecule has 0 aliphatic carbocycles. The van der Waals surface area contributed by atoms with E-state index in [0.29, 0.717) is 48.0 Å². The van der Waals surface area contributed by atoms with Gasteiger partial charge in [0.1, 0.15) is 23.3 Å². The minimum Gasteiger partial charge on any atom is -0.488 e. The molecule has 4 rings (SSSR count). The third kappa shape index (κ3) is 5.87. The maximum absolute atomic E-state index is 14.7. The van der Waals surface area contributed by atoms with Crippen LogP contribution in [0.5, 0.6) is 5.75 Å². The van der Waals surface area contributed by atoms with Gasteiger partial charge in [0.05, 0.1) is 17.6 Å². The summed E-state index contributed by atoms with van der Waals surface area (Å²) < 4.78 is 49.3. The van der Waals surface area contributed by atoms with Crippen molar-refractivity contribution in [1.82, 2.24) is 9.88 Å². The predicted octanol–water partition coefficient (Wildman–Crippen LogP) is 4.38. The van der Waals surface area contributed by atoms with Crippen molar-refractivity contribution in [3.8, 4) is 17.0 Å². The van der Waals surface area contributed by atoms with E-state index in [0.717, 1.165) is 24.7 Å². The van der Waals surface area contributed by atoms with Crippen LogP contribution < -0.4 is 4.74 Å². The molecule has 1 aromatic carbocycles. The molecule has 2 aliphatic heterocycles. The first kappa shape index (κ1) is 24.4. The molecule has 0 bridgehead atoms. The number of pyridine rings is 1. The number of ether oxygens (including phenoxy) is 2. The smallest absolute Gasteiger partial charge is 0.410 e. The Balaban J connectivity index is 1.40. The molecule has 1 saturated heterocycles. The molecule has 1 fully saturated rings. The second-order valence-corrected chi connectivity index (χ2v) is 12.4. The number of hydrogen-bond acceptors (Lipinski definition) is 6. The average molecular weight is 491 g/mol. The quantitative estimate of drug-likeness (QED) is 0.632. The van der Waals surface area contributed by atoms with Crippen LogP contribution in [0.3, 0.4) is 0 Å². The van der Waals surface area contributed by atoms with Gasteiger partial charge in [0.15, 0.2) is 9.84 Å². The van der Waals surface area contributed by atoms with Gasteiger partial charge in [-0.25, -0.2) is 17.6 Å². The number of halogens is 1. The third-order valence-electron chi connectivity index (χ3n) is 6.10. The molecule has 0 unspecified atom stereocenters. The number of sulfone groups is 1. The fourth-order valence-corrected chi connectivity index (χ4v) is 5.31. The van der Waals surface area contributed by atoms with Crippen LogP contribution in [0.25, 0.3) is 11.3 Å². The lowest BCUT2D eigenvalue weighted by atomic mass is 9.89. The van der Waals surface area contributed by atoms with Crippen molar-refractivity contribution < 1.29 is 27.1 Å². The van der Waals surface area contributed by atoms with E-state index in [1.165, 1.54) is 6.07 Å². The van der Waals surface area contributed by atoms with E-state index in [9.17, 15) is 17.6 Å². The molecule has 0 saturated carbocycles. The number of nitrogens with zero attached hydrogens (tertiary/aromatic N) is 2. The van der Waals surface area contributed by atoms with Gasteiger partial charge in [-0.2, -0.15) is 0 Å². The number of carbonyl (C=O) groups is 1. The summed E-state index contributed by atoms with van der Waals surface area (Å²) in [6, 6.07) is 6.29. The van der Waals surface area contributed by atoms with Crippen molar-refractivity contribution in [2.75, 3.05) is 19.3 Å². The number of carbonyl (C=O) groups excluding carboxylic acids is 1. The van der Waals surface area contributed by atoms with Crippen LogP contribution in [-0.4, -0.2) is 55.4 Å². The van der Waals surface area contributed by atoms with Gasteiger partial charge in [-0.15, -0.1) is 0 Å². The molecule has 0 radical (unpaired) electrons. The molecule has 2 aliphatic rings. The first-order valence-electron chi connectivity index (χ1n) is 11.5. The summed E-state index contributed by atoms with van der Waals surface area (Å²) in [5, 5.41) is 0. The molecule has 0 spiro atoms. The second kappa shape index (κ2) is 9.17. The van der Waals surface area contributed by atoms with Gasteiger partial charge in [-0.1, -0.05) is 6.07 Å². The van der Waals surface area contributed by atoms with Crippen molar-refractivity contribution in [3.63, 3.8) is 0 Å². The van der Waals surface area contributed by atoms with Crippen LogP contribution in [0.1, 0.15) is 44.7 Å². The fourth-order valence-electron chi connectivity index (χ4n) is 4.52. The molecular weight excluding hydrogens is 459 g/mol. The SMILES string of the molecule is CC(C)(C)OC(=O)N1CCC([C@H]2Cc3cc(-c4ccc(CS(C)(=O)=O)cc4F)ncc3O2)CC1.